The topological polar surface area (TPSA) is 61.8 Å². The number of aryl methyl sites for hydroxylation is 1. The summed E-state index contributed by atoms with van der Waals surface area (Å²) in [5.74, 6) is 1.23. The zero-order valence-corrected chi connectivity index (χ0v) is 13.6. The molecular weight excluding hydrogens is 280 g/mol. The molecule has 1 aromatic rings. The van der Waals surface area contributed by atoms with E-state index < -0.39 is 6.10 Å². The molecule has 2 atom stereocenters. The summed E-state index contributed by atoms with van der Waals surface area (Å²) in [6.45, 7) is 2.64. The van der Waals surface area contributed by atoms with E-state index in [0.29, 0.717) is 19.0 Å². The zero-order valence-electron chi connectivity index (χ0n) is 13.6. The number of fused-ring (bicyclic) bond motifs is 1. The van der Waals surface area contributed by atoms with Gasteiger partial charge >= 0.3 is 6.03 Å². The average Bonchev–Trinajstić information content (AvgIpc) is 2.51. The van der Waals surface area contributed by atoms with E-state index in [1.165, 1.54) is 16.0 Å². The first-order valence-corrected chi connectivity index (χ1v) is 7.85. The smallest absolute Gasteiger partial charge is 0.317 e. The van der Waals surface area contributed by atoms with Crippen LogP contribution in [0, 0.1) is 0 Å². The van der Waals surface area contributed by atoms with Crippen molar-refractivity contribution in [1.82, 2.24) is 10.2 Å². The summed E-state index contributed by atoms with van der Waals surface area (Å²) in [6, 6.07) is 6.06. The molecule has 0 aromatic heterocycles. The minimum absolute atomic E-state index is 0.137. The van der Waals surface area contributed by atoms with E-state index in [4.69, 9.17) is 4.74 Å². The maximum atomic E-state index is 12.0. The highest BCUT2D eigenvalue weighted by Crippen LogP contribution is 2.33. The fourth-order valence-electron chi connectivity index (χ4n) is 3.06. The van der Waals surface area contributed by atoms with Crippen molar-refractivity contribution in [2.75, 3.05) is 27.2 Å². The number of hydrogen-bond donors (Lipinski definition) is 2. The lowest BCUT2D eigenvalue weighted by molar-refractivity contribution is 0.143. The molecule has 0 saturated heterocycles. The first-order chi connectivity index (χ1) is 10.5. The molecule has 0 fully saturated rings. The molecule has 5 nitrogen and oxygen atoms in total. The van der Waals surface area contributed by atoms with Gasteiger partial charge in [-0.15, -0.1) is 0 Å². The molecule has 2 N–H and O–H groups in total. The molecule has 1 aliphatic rings. The van der Waals surface area contributed by atoms with Crippen LogP contribution in [-0.4, -0.2) is 49.4 Å². The maximum absolute atomic E-state index is 12.0. The number of hydrogen-bond acceptors (Lipinski definition) is 3. The molecule has 2 rings (SSSR count). The summed E-state index contributed by atoms with van der Waals surface area (Å²) >= 11 is 0. The molecule has 0 spiro atoms. The maximum Gasteiger partial charge on any atom is 0.317 e. The predicted octanol–water partition coefficient (Wildman–Crippen LogP) is 2.14. The Balaban J connectivity index is 1.96. The molecule has 0 bridgehead atoms. The summed E-state index contributed by atoms with van der Waals surface area (Å²) in [6.07, 6.45) is 2.77. The second kappa shape index (κ2) is 7.49. The molecule has 122 valence electrons. The molecule has 0 radical (unpaired) electrons. The van der Waals surface area contributed by atoms with Crippen molar-refractivity contribution >= 4 is 6.03 Å². The van der Waals surface area contributed by atoms with Gasteiger partial charge in [0.1, 0.15) is 5.75 Å². The molecule has 22 heavy (non-hydrogen) atoms. The number of amides is 2. The number of nitrogens with zero attached hydrogens (tertiary/aromatic N) is 1. The fourth-order valence-corrected chi connectivity index (χ4v) is 3.06. The number of ether oxygens (including phenoxy) is 1. The Labute approximate surface area is 132 Å². The number of carbonyl (C=O) groups excluding carboxylic acids is 1. The van der Waals surface area contributed by atoms with Gasteiger partial charge in [0.05, 0.1) is 13.2 Å². The van der Waals surface area contributed by atoms with Crippen LogP contribution in [0.15, 0.2) is 18.2 Å². The molecule has 1 aromatic carbocycles. The standard InChI is InChI=1S/C17H26N2O3/c1-12(20)11-19(2)17(21)18-10-14-6-4-5-13-9-15(22-3)7-8-16(13)14/h7-9,12,14,20H,4-6,10-11H2,1-3H3,(H,18,21)/t12-,14-/m1/s1. The Morgan fingerprint density at radius 2 is 2.32 bits per heavy atom. The number of urea groups is 1. The van der Waals surface area contributed by atoms with Crippen LogP contribution in [0.1, 0.15) is 36.8 Å². The zero-order chi connectivity index (χ0) is 16.1. The van der Waals surface area contributed by atoms with Crippen LogP contribution in [0.3, 0.4) is 0 Å². The Kier molecular flexibility index (Phi) is 5.66. The van der Waals surface area contributed by atoms with Crippen molar-refractivity contribution in [1.29, 1.82) is 0 Å². The van der Waals surface area contributed by atoms with Crippen LogP contribution in [0.4, 0.5) is 4.79 Å². The number of nitrogens with one attached hydrogen (secondary N) is 1. The Morgan fingerprint density at radius 1 is 1.55 bits per heavy atom. The van der Waals surface area contributed by atoms with Gasteiger partial charge in [-0.05, 0) is 49.4 Å². The quantitative estimate of drug-likeness (QED) is 0.876. The van der Waals surface area contributed by atoms with Gasteiger partial charge in [-0.25, -0.2) is 4.79 Å². The van der Waals surface area contributed by atoms with Gasteiger partial charge in [0.2, 0.25) is 0 Å². The van der Waals surface area contributed by atoms with Gasteiger partial charge in [-0.3, -0.25) is 0 Å². The van der Waals surface area contributed by atoms with Crippen molar-refractivity contribution in [3.05, 3.63) is 29.3 Å². The molecule has 0 unspecified atom stereocenters. The van der Waals surface area contributed by atoms with E-state index in [0.717, 1.165) is 25.0 Å². The van der Waals surface area contributed by atoms with Crippen molar-refractivity contribution in [2.24, 2.45) is 0 Å². The highest BCUT2D eigenvalue weighted by molar-refractivity contribution is 5.73. The summed E-state index contributed by atoms with van der Waals surface area (Å²) in [5.41, 5.74) is 2.63. The van der Waals surface area contributed by atoms with Gasteiger partial charge in [0, 0.05) is 26.1 Å². The van der Waals surface area contributed by atoms with Gasteiger partial charge in [0.25, 0.3) is 0 Å². The number of carbonyl (C=O) groups is 1. The normalized spacial score (nSPS) is 18.3. The summed E-state index contributed by atoms with van der Waals surface area (Å²) < 4.78 is 5.28. The van der Waals surface area contributed by atoms with Crippen molar-refractivity contribution in [2.45, 2.75) is 38.2 Å². The van der Waals surface area contributed by atoms with E-state index in [1.807, 2.05) is 6.07 Å². The van der Waals surface area contributed by atoms with Gasteiger partial charge in [0.15, 0.2) is 0 Å². The molecule has 5 heteroatoms. The SMILES string of the molecule is COc1ccc2c(c1)CCC[C@@H]2CNC(=O)N(C)C[C@@H](C)O. The molecular formula is C17H26N2O3. The summed E-state index contributed by atoms with van der Waals surface area (Å²) in [4.78, 5) is 13.5. The second-order valence-electron chi connectivity index (χ2n) is 6.07. The van der Waals surface area contributed by atoms with Crippen molar-refractivity contribution in [3.63, 3.8) is 0 Å². The lowest BCUT2D eigenvalue weighted by Gasteiger charge is -2.27. The number of aliphatic hydroxyl groups is 1. The number of methoxy groups -OCH3 is 1. The number of likely N-dealkylation sites (N-methyl/N-ethyl adjacent to an activating group) is 1. The van der Waals surface area contributed by atoms with Crippen molar-refractivity contribution < 1.29 is 14.6 Å². The first-order valence-electron chi connectivity index (χ1n) is 7.85. The number of benzene rings is 1. The Bertz CT molecular complexity index is 517. The monoisotopic (exact) mass is 306 g/mol. The Hall–Kier alpha value is -1.75. The van der Waals surface area contributed by atoms with E-state index in [-0.39, 0.29) is 6.03 Å². The second-order valence-corrected chi connectivity index (χ2v) is 6.07. The Morgan fingerprint density at radius 3 is 3.00 bits per heavy atom. The summed E-state index contributed by atoms with van der Waals surface area (Å²) in [5, 5.41) is 12.3. The van der Waals surface area contributed by atoms with Crippen LogP contribution in [0.25, 0.3) is 0 Å². The van der Waals surface area contributed by atoms with Gasteiger partial charge < -0.3 is 20.1 Å². The molecule has 2 amide bonds. The van der Waals surface area contributed by atoms with Gasteiger partial charge in [-0.2, -0.15) is 0 Å². The van der Waals surface area contributed by atoms with Gasteiger partial charge in [-0.1, -0.05) is 6.07 Å². The molecule has 1 aliphatic carbocycles. The third-order valence-corrected chi connectivity index (χ3v) is 4.17. The highest BCUT2D eigenvalue weighted by atomic mass is 16.5. The van der Waals surface area contributed by atoms with E-state index in [9.17, 15) is 9.90 Å². The number of aliphatic hydroxyl groups excluding tert-OH is 1. The van der Waals surface area contributed by atoms with E-state index in [2.05, 4.69) is 17.4 Å². The predicted molar refractivity (Wildman–Crippen MR) is 86.4 cm³/mol. The van der Waals surface area contributed by atoms with Crippen LogP contribution < -0.4 is 10.1 Å². The molecule has 0 aliphatic heterocycles. The third-order valence-electron chi connectivity index (χ3n) is 4.17. The average molecular weight is 306 g/mol. The van der Waals surface area contributed by atoms with Crippen molar-refractivity contribution in [3.8, 4) is 5.75 Å². The van der Waals surface area contributed by atoms with Crippen LogP contribution in [-0.2, 0) is 6.42 Å². The third kappa shape index (κ3) is 4.13. The minimum Gasteiger partial charge on any atom is -0.497 e. The minimum atomic E-state index is -0.515. The summed E-state index contributed by atoms with van der Waals surface area (Å²) in [7, 11) is 3.38. The van der Waals surface area contributed by atoms with Crippen LogP contribution in [0.5, 0.6) is 5.75 Å². The lowest BCUT2D eigenvalue weighted by Crippen LogP contribution is -2.42. The van der Waals surface area contributed by atoms with E-state index in [1.54, 1.807) is 21.1 Å². The highest BCUT2D eigenvalue weighted by Gasteiger charge is 2.22. The molecule has 0 saturated carbocycles. The fraction of sp³-hybridized carbons (Fsp3) is 0.588. The lowest BCUT2D eigenvalue weighted by atomic mass is 9.82. The molecule has 0 heterocycles. The first kappa shape index (κ1) is 16.6. The number of rotatable bonds is 5. The largest absolute Gasteiger partial charge is 0.497 e. The van der Waals surface area contributed by atoms with Crippen LogP contribution in [0.2, 0.25) is 0 Å². The van der Waals surface area contributed by atoms with E-state index >= 15 is 0 Å². The van der Waals surface area contributed by atoms with Crippen LogP contribution >= 0.6 is 0 Å².